The van der Waals surface area contributed by atoms with Gasteiger partial charge in [0.25, 0.3) is 0 Å². The molecule has 9 heavy (non-hydrogen) atoms. The highest BCUT2D eigenvalue weighted by Gasteiger charge is 2.05. The molecule has 1 nitrogen and oxygen atoms in total. The molecule has 1 aliphatic rings. The van der Waals surface area contributed by atoms with Crippen molar-refractivity contribution in [2.45, 2.75) is 12.8 Å². The van der Waals surface area contributed by atoms with E-state index in [4.69, 9.17) is 4.42 Å². The molecule has 1 aromatic rings. The average Bonchev–Trinajstić information content (AvgIpc) is 2.33. The van der Waals surface area contributed by atoms with Crippen LogP contribution in [0.2, 0.25) is 0 Å². The van der Waals surface area contributed by atoms with Crippen LogP contribution in [0.3, 0.4) is 0 Å². The van der Waals surface area contributed by atoms with Gasteiger partial charge in [0.05, 0.1) is 6.26 Å². The Balaban J connectivity index is 2.53. The van der Waals surface area contributed by atoms with Crippen molar-refractivity contribution >= 4 is 6.08 Å². The molecule has 1 heteroatoms. The molecule has 0 saturated heterocycles. The van der Waals surface area contributed by atoms with Crippen molar-refractivity contribution in [3.8, 4) is 0 Å². The van der Waals surface area contributed by atoms with Gasteiger partial charge >= 0.3 is 0 Å². The number of rotatable bonds is 0. The first-order chi connectivity index (χ1) is 4.47. The van der Waals surface area contributed by atoms with Crippen molar-refractivity contribution in [1.82, 2.24) is 0 Å². The summed E-state index contributed by atoms with van der Waals surface area (Å²) in [6.07, 6.45) is 7.97. The fourth-order valence-corrected chi connectivity index (χ4v) is 1.06. The van der Waals surface area contributed by atoms with Gasteiger partial charge in [0.2, 0.25) is 0 Å². The number of fused-ring (bicyclic) bond motifs is 1. The summed E-state index contributed by atoms with van der Waals surface area (Å²) in [6.45, 7) is 0. The van der Waals surface area contributed by atoms with Crippen LogP contribution in [0, 0.1) is 6.07 Å². The molecule has 0 unspecified atom stereocenters. The van der Waals surface area contributed by atoms with E-state index in [1.54, 1.807) is 6.26 Å². The van der Waals surface area contributed by atoms with Gasteiger partial charge in [-0.25, -0.2) is 0 Å². The molecule has 1 aliphatic carbocycles. The molecule has 1 radical (unpaired) electrons. The van der Waals surface area contributed by atoms with Gasteiger partial charge in [0.15, 0.2) is 0 Å². The van der Waals surface area contributed by atoms with E-state index >= 15 is 0 Å². The number of allylic oxidation sites excluding steroid dienone is 1. The summed E-state index contributed by atoms with van der Waals surface area (Å²) in [4.78, 5) is 0. The summed E-state index contributed by atoms with van der Waals surface area (Å²) >= 11 is 0. The molecule has 0 N–H and O–H groups in total. The number of hydrogen-bond donors (Lipinski definition) is 0. The maximum absolute atomic E-state index is 5.11. The van der Waals surface area contributed by atoms with Gasteiger partial charge in [-0.3, -0.25) is 0 Å². The Bertz CT molecular complexity index is 232. The molecule has 1 heterocycles. The molecular formula is C8H7O. The second kappa shape index (κ2) is 1.76. The summed E-state index contributed by atoms with van der Waals surface area (Å²) in [5, 5.41) is 0. The molecule has 0 atom stereocenters. The minimum atomic E-state index is 0.987. The molecule has 0 aliphatic heterocycles. The van der Waals surface area contributed by atoms with Crippen LogP contribution in [0.4, 0.5) is 0 Å². The fraction of sp³-hybridized carbons (Fsp3) is 0.250. The third-order valence-corrected chi connectivity index (χ3v) is 1.55. The van der Waals surface area contributed by atoms with E-state index < -0.39 is 0 Å². The smallest absolute Gasteiger partial charge is 0.130 e. The second-order valence-corrected chi connectivity index (χ2v) is 2.16. The molecule has 45 valence electrons. The van der Waals surface area contributed by atoms with Crippen molar-refractivity contribution in [1.29, 1.82) is 0 Å². The van der Waals surface area contributed by atoms with E-state index in [0.717, 1.165) is 18.6 Å². The van der Waals surface area contributed by atoms with E-state index in [0.29, 0.717) is 0 Å². The molecule has 0 bridgehead atoms. The first-order valence-electron chi connectivity index (χ1n) is 3.11. The fourth-order valence-electron chi connectivity index (χ4n) is 1.06. The number of hydrogen-bond acceptors (Lipinski definition) is 1. The molecule has 0 fully saturated rings. The Morgan fingerprint density at radius 1 is 1.56 bits per heavy atom. The lowest BCUT2D eigenvalue weighted by Crippen LogP contribution is -1.87. The third-order valence-electron chi connectivity index (χ3n) is 1.55. The van der Waals surface area contributed by atoms with E-state index in [9.17, 15) is 0 Å². The van der Waals surface area contributed by atoms with Crippen LogP contribution in [0.25, 0.3) is 6.08 Å². The van der Waals surface area contributed by atoms with Crippen LogP contribution >= 0.6 is 0 Å². The molecule has 2 rings (SSSR count). The van der Waals surface area contributed by atoms with Gasteiger partial charge in [-0.15, -0.1) is 0 Å². The first-order valence-corrected chi connectivity index (χ1v) is 3.11. The zero-order valence-electron chi connectivity index (χ0n) is 5.05. The maximum atomic E-state index is 5.11. The van der Waals surface area contributed by atoms with Crippen molar-refractivity contribution in [2.24, 2.45) is 0 Å². The van der Waals surface area contributed by atoms with Crippen LogP contribution < -0.4 is 0 Å². The van der Waals surface area contributed by atoms with E-state index in [1.807, 2.05) is 6.08 Å². The van der Waals surface area contributed by atoms with Gasteiger partial charge in [-0.05, 0) is 18.9 Å². The van der Waals surface area contributed by atoms with Gasteiger partial charge in [-0.2, -0.15) is 0 Å². The Hall–Kier alpha value is -0.980. The number of furan rings is 1. The summed E-state index contributed by atoms with van der Waals surface area (Å²) in [5.74, 6) is 0.987. The zero-order chi connectivity index (χ0) is 6.10. The quantitative estimate of drug-likeness (QED) is 0.509. The lowest BCUT2D eigenvalue weighted by Gasteiger charge is -1.99. The highest BCUT2D eigenvalue weighted by Crippen LogP contribution is 2.18. The summed E-state index contributed by atoms with van der Waals surface area (Å²) in [6, 6.07) is 3.04. The van der Waals surface area contributed by atoms with Crippen LogP contribution in [0.15, 0.2) is 16.8 Å². The Morgan fingerprint density at radius 3 is 3.44 bits per heavy atom. The average molecular weight is 119 g/mol. The van der Waals surface area contributed by atoms with Crippen LogP contribution in [0.1, 0.15) is 17.7 Å². The standard InChI is InChI=1S/C8H7O/c1-2-4-8-7(3-1)5-6-9-8/h2,4,6H,1,3H2. The molecule has 0 aromatic carbocycles. The van der Waals surface area contributed by atoms with Crippen LogP contribution in [-0.4, -0.2) is 0 Å². The minimum Gasteiger partial charge on any atom is -0.464 e. The Morgan fingerprint density at radius 2 is 2.56 bits per heavy atom. The first kappa shape index (κ1) is 4.86. The van der Waals surface area contributed by atoms with Crippen LogP contribution in [-0.2, 0) is 6.42 Å². The monoisotopic (exact) mass is 119 g/mol. The molecule has 0 saturated carbocycles. The number of aryl methyl sites for hydroxylation is 1. The topological polar surface area (TPSA) is 13.1 Å². The zero-order valence-corrected chi connectivity index (χ0v) is 5.05. The van der Waals surface area contributed by atoms with Crippen molar-refractivity contribution in [2.75, 3.05) is 0 Å². The highest BCUT2D eigenvalue weighted by molar-refractivity contribution is 5.49. The van der Waals surface area contributed by atoms with Crippen LogP contribution in [0.5, 0.6) is 0 Å². The SMILES string of the molecule is [c]1coc2c1CCC=C2. The minimum absolute atomic E-state index is 0.987. The normalized spacial score (nSPS) is 15.6. The second-order valence-electron chi connectivity index (χ2n) is 2.16. The van der Waals surface area contributed by atoms with Gasteiger partial charge in [-0.1, -0.05) is 6.08 Å². The molecule has 0 amide bonds. The van der Waals surface area contributed by atoms with Gasteiger partial charge in [0.1, 0.15) is 5.76 Å². The van der Waals surface area contributed by atoms with Crippen molar-refractivity contribution < 1.29 is 4.42 Å². The summed E-state index contributed by atoms with van der Waals surface area (Å²) in [5.41, 5.74) is 1.22. The Labute approximate surface area is 54.0 Å². The van der Waals surface area contributed by atoms with Gasteiger partial charge in [0, 0.05) is 11.6 Å². The lowest BCUT2D eigenvalue weighted by atomic mass is 10.1. The van der Waals surface area contributed by atoms with Crippen molar-refractivity contribution in [3.05, 3.63) is 29.7 Å². The molecule has 0 spiro atoms. The predicted molar refractivity (Wildman–Crippen MR) is 34.9 cm³/mol. The molecular weight excluding hydrogens is 112 g/mol. The Kier molecular flexibility index (Phi) is 0.950. The highest BCUT2D eigenvalue weighted by atomic mass is 16.3. The third kappa shape index (κ3) is 0.689. The predicted octanol–water partition coefficient (Wildman–Crippen LogP) is 2.04. The molecule has 1 aromatic heterocycles. The van der Waals surface area contributed by atoms with E-state index in [2.05, 4.69) is 12.1 Å². The summed E-state index contributed by atoms with van der Waals surface area (Å²) < 4.78 is 5.11. The largest absolute Gasteiger partial charge is 0.464 e. The lowest BCUT2D eigenvalue weighted by molar-refractivity contribution is 0.551. The maximum Gasteiger partial charge on any atom is 0.130 e. The van der Waals surface area contributed by atoms with E-state index in [-0.39, 0.29) is 0 Å². The van der Waals surface area contributed by atoms with E-state index in [1.165, 1.54) is 5.56 Å². The van der Waals surface area contributed by atoms with Crippen molar-refractivity contribution in [3.63, 3.8) is 0 Å². The van der Waals surface area contributed by atoms with Gasteiger partial charge < -0.3 is 4.42 Å². The summed E-state index contributed by atoms with van der Waals surface area (Å²) in [7, 11) is 0.